The van der Waals surface area contributed by atoms with Gasteiger partial charge in [-0.15, -0.1) is 0 Å². The van der Waals surface area contributed by atoms with E-state index >= 15 is 0 Å². The van der Waals surface area contributed by atoms with Crippen LogP contribution in [0.2, 0.25) is 0 Å². The second-order valence-electron chi connectivity index (χ2n) is 5.51. The van der Waals surface area contributed by atoms with Crippen LogP contribution in [0.5, 0.6) is 0 Å². The van der Waals surface area contributed by atoms with Crippen LogP contribution in [-0.2, 0) is 10.0 Å². The molecule has 1 aromatic carbocycles. The first-order chi connectivity index (χ1) is 11.5. The van der Waals surface area contributed by atoms with Crippen LogP contribution in [0.1, 0.15) is 5.56 Å². The second-order valence-corrected chi connectivity index (χ2v) is 7.45. The Morgan fingerprint density at radius 2 is 1.79 bits per heavy atom. The minimum absolute atomic E-state index is 0.250. The maximum Gasteiger partial charge on any atom is 0.324 e. The van der Waals surface area contributed by atoms with Gasteiger partial charge in [0.2, 0.25) is 15.9 Å². The maximum absolute atomic E-state index is 12.6. The molecular weight excluding hydrogens is 332 g/mol. The molecule has 0 bridgehead atoms. The van der Waals surface area contributed by atoms with Crippen LogP contribution < -0.4 is 5.32 Å². The summed E-state index contributed by atoms with van der Waals surface area (Å²) >= 11 is 0. The van der Waals surface area contributed by atoms with Crippen molar-refractivity contribution in [2.24, 2.45) is 0 Å². The van der Waals surface area contributed by atoms with Crippen molar-refractivity contribution in [3.63, 3.8) is 0 Å². The lowest BCUT2D eigenvalue weighted by molar-refractivity contribution is 0.183. The number of aryl methyl sites for hydroxylation is 1. The molecule has 2 aromatic rings. The summed E-state index contributed by atoms with van der Waals surface area (Å²) in [6, 6.07) is 7.96. The van der Waals surface area contributed by atoms with Crippen LogP contribution in [0.3, 0.4) is 0 Å². The third-order valence-corrected chi connectivity index (χ3v) is 5.77. The van der Waals surface area contributed by atoms with Gasteiger partial charge >= 0.3 is 6.03 Å². The summed E-state index contributed by atoms with van der Waals surface area (Å²) < 4.78 is 31.5. The molecule has 1 aromatic heterocycles. The molecule has 24 heavy (non-hydrogen) atoms. The fourth-order valence-electron chi connectivity index (χ4n) is 2.46. The van der Waals surface area contributed by atoms with Gasteiger partial charge in [-0.3, -0.25) is 5.32 Å². The van der Waals surface area contributed by atoms with E-state index in [1.165, 1.54) is 16.6 Å². The Kier molecular flexibility index (Phi) is 4.54. The first kappa shape index (κ1) is 16.5. The number of benzene rings is 1. The van der Waals surface area contributed by atoms with Crippen molar-refractivity contribution < 1.29 is 17.7 Å². The molecule has 128 valence electrons. The van der Waals surface area contributed by atoms with E-state index < -0.39 is 10.0 Å². The number of urea groups is 1. The average Bonchev–Trinajstić information content (AvgIpc) is 3.08. The number of piperazine rings is 1. The molecule has 1 aliphatic heterocycles. The van der Waals surface area contributed by atoms with Gasteiger partial charge in [-0.1, -0.05) is 22.9 Å². The zero-order valence-corrected chi connectivity index (χ0v) is 14.0. The summed E-state index contributed by atoms with van der Waals surface area (Å²) in [5, 5.41) is 6.08. The molecule has 1 N–H and O–H groups in total. The lowest BCUT2D eigenvalue weighted by Crippen LogP contribution is -2.51. The molecule has 0 radical (unpaired) electrons. The SMILES string of the molecule is Cc1ccc(S(=O)(=O)N2CCN(C(=O)Nc3ccno3)CC2)cc1. The Hall–Kier alpha value is -2.39. The van der Waals surface area contributed by atoms with Gasteiger partial charge in [-0.2, -0.15) is 4.31 Å². The zero-order chi connectivity index (χ0) is 17.2. The lowest BCUT2D eigenvalue weighted by atomic mass is 10.2. The van der Waals surface area contributed by atoms with E-state index in [2.05, 4.69) is 10.5 Å². The number of rotatable bonds is 3. The van der Waals surface area contributed by atoms with Crippen molar-refractivity contribution in [1.29, 1.82) is 0 Å². The van der Waals surface area contributed by atoms with Gasteiger partial charge in [0.25, 0.3) is 0 Å². The molecule has 0 spiro atoms. The van der Waals surface area contributed by atoms with Gasteiger partial charge in [0.1, 0.15) is 0 Å². The van der Waals surface area contributed by atoms with Crippen molar-refractivity contribution >= 4 is 21.9 Å². The highest BCUT2D eigenvalue weighted by molar-refractivity contribution is 7.89. The summed E-state index contributed by atoms with van der Waals surface area (Å²) in [5.41, 5.74) is 1.00. The van der Waals surface area contributed by atoms with Gasteiger partial charge < -0.3 is 9.42 Å². The van der Waals surface area contributed by atoms with E-state index in [1.807, 2.05) is 6.92 Å². The number of carbonyl (C=O) groups excluding carboxylic acids is 1. The summed E-state index contributed by atoms with van der Waals surface area (Å²) in [7, 11) is -3.53. The number of hydrogen-bond acceptors (Lipinski definition) is 5. The Bertz CT molecular complexity index is 795. The Morgan fingerprint density at radius 3 is 2.38 bits per heavy atom. The fraction of sp³-hybridized carbons (Fsp3) is 0.333. The molecular formula is C15H18N4O4S. The van der Waals surface area contributed by atoms with Gasteiger partial charge in [0.05, 0.1) is 11.1 Å². The molecule has 3 rings (SSSR count). The normalized spacial score (nSPS) is 16.1. The summed E-state index contributed by atoms with van der Waals surface area (Å²) in [4.78, 5) is 13.9. The highest BCUT2D eigenvalue weighted by Gasteiger charge is 2.30. The van der Waals surface area contributed by atoms with Gasteiger partial charge in [0.15, 0.2) is 0 Å². The number of nitrogens with one attached hydrogen (secondary N) is 1. The smallest absolute Gasteiger partial charge is 0.324 e. The molecule has 2 heterocycles. The predicted molar refractivity (Wildman–Crippen MR) is 87.0 cm³/mol. The molecule has 0 aliphatic carbocycles. The quantitative estimate of drug-likeness (QED) is 0.905. The maximum atomic E-state index is 12.6. The van der Waals surface area contributed by atoms with E-state index in [9.17, 15) is 13.2 Å². The monoisotopic (exact) mass is 350 g/mol. The second kappa shape index (κ2) is 6.62. The van der Waals surface area contributed by atoms with Crippen LogP contribution in [0.4, 0.5) is 10.7 Å². The van der Waals surface area contributed by atoms with Crippen molar-refractivity contribution in [2.75, 3.05) is 31.5 Å². The van der Waals surface area contributed by atoms with Crippen molar-refractivity contribution in [3.05, 3.63) is 42.1 Å². The zero-order valence-electron chi connectivity index (χ0n) is 13.2. The Labute approximate surface area is 140 Å². The number of anilines is 1. The molecule has 9 heteroatoms. The highest BCUT2D eigenvalue weighted by Crippen LogP contribution is 2.18. The number of nitrogens with zero attached hydrogens (tertiary/aromatic N) is 3. The van der Waals surface area contributed by atoms with Crippen LogP contribution in [0.25, 0.3) is 0 Å². The van der Waals surface area contributed by atoms with Gasteiger partial charge in [-0.05, 0) is 19.1 Å². The number of hydrogen-bond donors (Lipinski definition) is 1. The molecule has 0 atom stereocenters. The largest absolute Gasteiger partial charge is 0.338 e. The number of sulfonamides is 1. The summed E-state index contributed by atoms with van der Waals surface area (Å²) in [6.07, 6.45) is 1.43. The van der Waals surface area contributed by atoms with E-state index in [4.69, 9.17) is 4.52 Å². The molecule has 0 unspecified atom stereocenters. The van der Waals surface area contributed by atoms with Crippen molar-refractivity contribution in [3.8, 4) is 0 Å². The average molecular weight is 350 g/mol. The Morgan fingerprint density at radius 1 is 1.12 bits per heavy atom. The van der Waals surface area contributed by atoms with Crippen LogP contribution in [0.15, 0.2) is 45.9 Å². The number of aromatic nitrogens is 1. The van der Waals surface area contributed by atoms with Gasteiger partial charge in [0, 0.05) is 32.2 Å². The van der Waals surface area contributed by atoms with Gasteiger partial charge in [-0.25, -0.2) is 13.2 Å². The first-order valence-corrected chi connectivity index (χ1v) is 8.94. The van der Waals surface area contributed by atoms with Crippen molar-refractivity contribution in [1.82, 2.24) is 14.4 Å². The molecule has 1 saturated heterocycles. The van der Waals surface area contributed by atoms with Crippen LogP contribution >= 0.6 is 0 Å². The van der Waals surface area contributed by atoms with Crippen LogP contribution in [0, 0.1) is 6.92 Å². The molecule has 2 amide bonds. The summed E-state index contributed by atoms with van der Waals surface area (Å²) in [5.74, 6) is 0.259. The van der Waals surface area contributed by atoms with E-state index in [0.717, 1.165) is 5.56 Å². The number of amides is 2. The number of carbonyl (C=O) groups is 1. The molecule has 0 saturated carbocycles. The molecule has 1 fully saturated rings. The van der Waals surface area contributed by atoms with E-state index in [0.29, 0.717) is 13.1 Å². The lowest BCUT2D eigenvalue weighted by Gasteiger charge is -2.33. The topological polar surface area (TPSA) is 95.8 Å². The first-order valence-electron chi connectivity index (χ1n) is 7.50. The summed E-state index contributed by atoms with van der Waals surface area (Å²) in [6.45, 7) is 3.03. The van der Waals surface area contributed by atoms with E-state index in [1.54, 1.807) is 29.2 Å². The third-order valence-electron chi connectivity index (χ3n) is 3.85. The Balaban J connectivity index is 1.62. The third kappa shape index (κ3) is 3.41. The minimum atomic E-state index is -3.53. The molecule has 1 aliphatic rings. The fourth-order valence-corrected chi connectivity index (χ4v) is 3.88. The highest BCUT2D eigenvalue weighted by atomic mass is 32.2. The predicted octanol–water partition coefficient (Wildman–Crippen LogP) is 1.52. The van der Waals surface area contributed by atoms with Crippen molar-refractivity contribution in [2.45, 2.75) is 11.8 Å². The molecule has 8 nitrogen and oxygen atoms in total. The van der Waals surface area contributed by atoms with E-state index in [-0.39, 0.29) is 29.9 Å². The standard InChI is InChI=1S/C15H18N4O4S/c1-12-2-4-13(5-3-12)24(21,22)19-10-8-18(9-11-19)15(20)17-14-6-7-16-23-14/h2-7H,8-11H2,1H3,(H,17,20). The minimum Gasteiger partial charge on any atom is -0.338 e. The van der Waals surface area contributed by atoms with Crippen LogP contribution in [-0.4, -0.2) is 55.0 Å².